The minimum Gasteiger partial charge on any atom is -0.457 e. The molecule has 9 heteroatoms. The Morgan fingerprint density at radius 2 is 1.77 bits per heavy atom. The second kappa shape index (κ2) is 11.8. The largest absolute Gasteiger partial charge is 0.457 e. The van der Waals surface area contributed by atoms with Gasteiger partial charge >= 0.3 is 5.97 Å². The molecule has 5 unspecified atom stereocenters. The summed E-state index contributed by atoms with van der Waals surface area (Å²) in [4.78, 5) is 42.0. The number of nitrogens with two attached hydrogens (primary N) is 1. The molecule has 5 atom stereocenters. The lowest BCUT2D eigenvalue weighted by molar-refractivity contribution is -0.158. The fourth-order valence-corrected chi connectivity index (χ4v) is 6.95. The first-order valence-electron chi connectivity index (χ1n) is 15.2. The molecule has 2 heterocycles. The minimum absolute atomic E-state index is 0.102. The molecular formula is C35H38N2O7. The van der Waals surface area contributed by atoms with Crippen LogP contribution >= 0.6 is 0 Å². The third-order valence-corrected chi connectivity index (χ3v) is 9.59. The molecular weight excluding hydrogens is 560 g/mol. The number of esters is 1. The molecule has 1 saturated heterocycles. The lowest BCUT2D eigenvalue weighted by Crippen LogP contribution is -2.52. The van der Waals surface area contributed by atoms with Crippen LogP contribution in [0.4, 0.5) is 0 Å². The van der Waals surface area contributed by atoms with Crippen LogP contribution in [0.1, 0.15) is 65.3 Å². The number of aliphatic hydroxyl groups is 2. The van der Waals surface area contributed by atoms with E-state index in [0.717, 1.165) is 16.7 Å². The highest BCUT2D eigenvalue weighted by molar-refractivity contribution is 6.33. The van der Waals surface area contributed by atoms with E-state index in [0.29, 0.717) is 50.0 Å². The third kappa shape index (κ3) is 5.08. The summed E-state index contributed by atoms with van der Waals surface area (Å²) >= 11 is 0. The number of ether oxygens (including phenoxy) is 2. The molecule has 4 aliphatic rings. The predicted molar refractivity (Wildman–Crippen MR) is 162 cm³/mol. The Labute approximate surface area is 256 Å². The number of nitrogens with one attached hydrogen (secondary N) is 1. The molecule has 2 aliphatic heterocycles. The van der Waals surface area contributed by atoms with Gasteiger partial charge in [-0.15, -0.1) is 0 Å². The molecule has 5 N–H and O–H groups in total. The molecule has 6 rings (SSSR count). The second-order valence-corrected chi connectivity index (χ2v) is 12.3. The molecule has 2 fully saturated rings. The van der Waals surface area contributed by atoms with E-state index in [1.165, 1.54) is 6.07 Å². The molecule has 0 radical (unpaired) electrons. The average molecular weight is 599 g/mol. The molecule has 2 aliphatic carbocycles. The van der Waals surface area contributed by atoms with Crippen molar-refractivity contribution in [2.45, 2.75) is 68.9 Å². The SMILES string of the molecule is CC(CCC1=CCNC(N)=C1)=C(CO)CC12OC1(C(=O)OC1CCC(Cc3ccccc3)C1O)C(=O)c1ccccc1C2=O. The number of hydrogen-bond donors (Lipinski definition) is 4. The third-order valence-electron chi connectivity index (χ3n) is 9.59. The van der Waals surface area contributed by atoms with Gasteiger partial charge in [0.05, 0.1) is 18.5 Å². The van der Waals surface area contributed by atoms with Gasteiger partial charge in [-0.1, -0.05) is 66.2 Å². The standard InChI is InChI=1S/C35H38N2O7/c1-21(11-12-23-15-16-37-29(36)18-23)25(20-38)19-34-31(40)26-9-5-6-10-27(26)32(41)35(34,44-34)33(42)43-28-14-13-24(30(28)39)17-22-7-3-2-4-8-22/h2-10,15,18,24,28,30,37-39H,11-14,16-17,19-20,36H2,1H3. The summed E-state index contributed by atoms with van der Waals surface area (Å²) in [5.41, 5.74) is 5.65. The Bertz CT molecular complexity index is 1580. The molecule has 9 nitrogen and oxygen atoms in total. The van der Waals surface area contributed by atoms with Gasteiger partial charge in [-0.25, -0.2) is 4.79 Å². The van der Waals surface area contributed by atoms with E-state index in [4.69, 9.17) is 15.2 Å². The predicted octanol–water partition coefficient (Wildman–Crippen LogP) is 3.31. The number of hydrogen-bond acceptors (Lipinski definition) is 9. The van der Waals surface area contributed by atoms with Crippen molar-refractivity contribution in [3.63, 3.8) is 0 Å². The van der Waals surface area contributed by atoms with Gasteiger partial charge < -0.3 is 30.7 Å². The lowest BCUT2D eigenvalue weighted by Gasteiger charge is -2.27. The zero-order chi connectivity index (χ0) is 31.1. The summed E-state index contributed by atoms with van der Waals surface area (Å²) in [6.07, 6.45) is 4.96. The molecule has 230 valence electrons. The number of epoxide rings is 1. The summed E-state index contributed by atoms with van der Waals surface area (Å²) in [5.74, 6) is -1.63. The Kier molecular flexibility index (Phi) is 8.04. The first-order valence-corrected chi connectivity index (χ1v) is 15.2. The number of allylic oxidation sites excluding steroid dienone is 3. The number of carbonyl (C=O) groups is 3. The summed E-state index contributed by atoms with van der Waals surface area (Å²) in [6, 6.07) is 16.1. The van der Waals surface area contributed by atoms with Crippen LogP contribution in [0, 0.1) is 5.92 Å². The van der Waals surface area contributed by atoms with Gasteiger partial charge in [-0.2, -0.15) is 0 Å². The van der Waals surface area contributed by atoms with Crippen molar-refractivity contribution in [1.82, 2.24) is 5.32 Å². The number of benzene rings is 2. The highest BCUT2D eigenvalue weighted by Crippen LogP contribution is 2.59. The maximum absolute atomic E-state index is 14.0. The monoisotopic (exact) mass is 598 g/mol. The topological polar surface area (TPSA) is 151 Å². The maximum atomic E-state index is 14.0. The van der Waals surface area contributed by atoms with Crippen molar-refractivity contribution in [1.29, 1.82) is 0 Å². The van der Waals surface area contributed by atoms with E-state index >= 15 is 0 Å². The van der Waals surface area contributed by atoms with Gasteiger partial charge in [0.15, 0.2) is 11.4 Å². The minimum atomic E-state index is -2.18. The number of Topliss-reactive ketones (excluding diaryl/α,β-unsaturated/α-hetero) is 2. The zero-order valence-corrected chi connectivity index (χ0v) is 24.8. The Morgan fingerprint density at radius 3 is 2.48 bits per heavy atom. The van der Waals surface area contributed by atoms with Crippen molar-refractivity contribution in [2.24, 2.45) is 11.7 Å². The van der Waals surface area contributed by atoms with E-state index in [9.17, 15) is 24.6 Å². The first-order chi connectivity index (χ1) is 21.2. The van der Waals surface area contributed by atoms with Crippen LogP contribution in [0.25, 0.3) is 0 Å². The van der Waals surface area contributed by atoms with Crippen LogP contribution in [-0.2, 0) is 20.7 Å². The van der Waals surface area contributed by atoms with E-state index in [2.05, 4.69) is 5.32 Å². The fourth-order valence-electron chi connectivity index (χ4n) is 6.95. The number of fused-ring (bicyclic) bond motifs is 2. The quantitative estimate of drug-likeness (QED) is 0.140. The maximum Gasteiger partial charge on any atom is 0.350 e. The molecule has 0 spiro atoms. The summed E-state index contributed by atoms with van der Waals surface area (Å²) in [6.45, 7) is 2.13. The fraction of sp³-hybridized carbons (Fsp3) is 0.400. The highest BCUT2D eigenvalue weighted by atomic mass is 16.7. The van der Waals surface area contributed by atoms with Crippen LogP contribution in [0.15, 0.2) is 89.3 Å². The lowest BCUT2D eigenvalue weighted by atomic mass is 9.71. The molecule has 1 saturated carbocycles. The normalized spacial score (nSPS) is 29.5. The van der Waals surface area contributed by atoms with E-state index in [-0.39, 0.29) is 30.1 Å². The summed E-state index contributed by atoms with van der Waals surface area (Å²) < 4.78 is 11.9. The summed E-state index contributed by atoms with van der Waals surface area (Å²) in [5, 5.41) is 24.5. The van der Waals surface area contributed by atoms with Crippen molar-refractivity contribution < 1.29 is 34.1 Å². The molecule has 0 bridgehead atoms. The Morgan fingerprint density at radius 1 is 1.07 bits per heavy atom. The average Bonchev–Trinajstić information content (AvgIpc) is 3.64. The second-order valence-electron chi connectivity index (χ2n) is 12.3. The van der Waals surface area contributed by atoms with Crippen LogP contribution in [0.5, 0.6) is 0 Å². The Hall–Kier alpha value is -4.05. The van der Waals surface area contributed by atoms with Crippen molar-refractivity contribution in [3.8, 4) is 0 Å². The molecule has 0 amide bonds. The van der Waals surface area contributed by atoms with Crippen molar-refractivity contribution in [3.05, 3.63) is 106 Å². The van der Waals surface area contributed by atoms with Crippen LogP contribution in [-0.4, -0.2) is 64.3 Å². The first kappa shape index (κ1) is 30.0. The van der Waals surface area contributed by atoms with Gasteiger partial charge in [0.25, 0.3) is 5.60 Å². The van der Waals surface area contributed by atoms with Crippen LogP contribution < -0.4 is 11.1 Å². The zero-order valence-electron chi connectivity index (χ0n) is 24.8. The van der Waals surface area contributed by atoms with Crippen molar-refractivity contribution >= 4 is 17.5 Å². The van der Waals surface area contributed by atoms with Gasteiger partial charge in [-0.05, 0) is 67.7 Å². The Balaban J connectivity index is 1.25. The smallest absolute Gasteiger partial charge is 0.350 e. The molecule has 2 aromatic carbocycles. The van der Waals surface area contributed by atoms with Gasteiger partial charge in [-0.3, -0.25) is 9.59 Å². The van der Waals surface area contributed by atoms with Gasteiger partial charge in [0.1, 0.15) is 6.10 Å². The number of dihydropyridines is 1. The van der Waals surface area contributed by atoms with Gasteiger partial charge in [0.2, 0.25) is 5.78 Å². The highest BCUT2D eigenvalue weighted by Gasteiger charge is 2.85. The van der Waals surface area contributed by atoms with Crippen molar-refractivity contribution in [2.75, 3.05) is 13.2 Å². The van der Waals surface area contributed by atoms with Crippen LogP contribution in [0.3, 0.4) is 0 Å². The number of rotatable bonds is 10. The number of carbonyl (C=O) groups excluding carboxylic acids is 3. The summed E-state index contributed by atoms with van der Waals surface area (Å²) in [7, 11) is 0. The molecule has 2 aromatic rings. The number of ketones is 2. The van der Waals surface area contributed by atoms with E-state index in [1.807, 2.05) is 49.4 Å². The van der Waals surface area contributed by atoms with Crippen LogP contribution in [0.2, 0.25) is 0 Å². The number of aliphatic hydroxyl groups excluding tert-OH is 2. The van der Waals surface area contributed by atoms with Gasteiger partial charge in [0, 0.05) is 24.1 Å². The molecule has 0 aromatic heterocycles. The van der Waals surface area contributed by atoms with E-state index < -0.39 is 40.9 Å². The molecule has 44 heavy (non-hydrogen) atoms. The van der Waals surface area contributed by atoms with E-state index in [1.54, 1.807) is 18.2 Å².